The van der Waals surface area contributed by atoms with Crippen LogP contribution < -0.4 is 5.73 Å². The number of carbonyl (C=O) groups excluding carboxylic acids is 2. The number of hydrogen-bond donors (Lipinski definition) is 1. The van der Waals surface area contributed by atoms with Crippen molar-refractivity contribution in [2.75, 3.05) is 7.05 Å². The summed E-state index contributed by atoms with van der Waals surface area (Å²) >= 11 is 0. The molecule has 1 aliphatic heterocycles. The Morgan fingerprint density at radius 1 is 1.55 bits per heavy atom. The summed E-state index contributed by atoms with van der Waals surface area (Å²) in [6.07, 6.45) is 0.880. The van der Waals surface area contributed by atoms with Crippen LogP contribution in [0.4, 0.5) is 0 Å². The highest BCUT2D eigenvalue weighted by Gasteiger charge is 2.28. The lowest BCUT2D eigenvalue weighted by Crippen LogP contribution is -2.49. The van der Waals surface area contributed by atoms with Gasteiger partial charge in [0.1, 0.15) is 0 Å². The second-order valence-electron chi connectivity index (χ2n) is 2.44. The lowest BCUT2D eigenvalue weighted by atomic mass is 10.1. The van der Waals surface area contributed by atoms with Crippen LogP contribution in [0.25, 0.3) is 0 Å². The quantitative estimate of drug-likeness (QED) is 0.510. The molecule has 0 aromatic rings. The van der Waals surface area contributed by atoms with Gasteiger partial charge in [0.25, 0.3) is 0 Å². The van der Waals surface area contributed by atoms with Crippen molar-refractivity contribution in [3.8, 4) is 0 Å². The Morgan fingerprint density at radius 2 is 2.09 bits per heavy atom. The molecule has 0 unspecified atom stereocenters. The highest BCUT2D eigenvalue weighted by molar-refractivity contribution is 5.99. The van der Waals surface area contributed by atoms with Gasteiger partial charge in [0.15, 0.2) is 0 Å². The molecule has 0 aromatic heterocycles. The van der Waals surface area contributed by atoms with Gasteiger partial charge in [0, 0.05) is 13.5 Å². The van der Waals surface area contributed by atoms with Crippen LogP contribution >= 0.6 is 12.4 Å². The molecule has 1 heterocycles. The first-order chi connectivity index (χ1) is 4.63. The molecule has 4 nitrogen and oxygen atoms in total. The third-order valence-corrected chi connectivity index (χ3v) is 1.69. The van der Waals surface area contributed by atoms with Crippen molar-refractivity contribution in [3.63, 3.8) is 0 Å². The molecule has 0 bridgehead atoms. The van der Waals surface area contributed by atoms with Crippen LogP contribution in [0.15, 0.2) is 0 Å². The standard InChI is InChI=1S/C6H10N2O2.ClH/c1-8-5(9)3-2-4(7)6(8)10;/h4H,2-3,7H2,1H3;1H/t4-;/m0./s1. The van der Waals surface area contributed by atoms with Crippen molar-refractivity contribution < 1.29 is 9.59 Å². The topological polar surface area (TPSA) is 63.4 Å². The van der Waals surface area contributed by atoms with Gasteiger partial charge in [-0.3, -0.25) is 14.5 Å². The van der Waals surface area contributed by atoms with E-state index >= 15 is 0 Å². The minimum atomic E-state index is -0.470. The molecule has 1 fully saturated rings. The summed E-state index contributed by atoms with van der Waals surface area (Å²) in [5.74, 6) is -0.400. The van der Waals surface area contributed by atoms with Gasteiger partial charge in [0.2, 0.25) is 11.8 Å². The van der Waals surface area contributed by atoms with Crippen LogP contribution in [0, 0.1) is 0 Å². The molecule has 5 heteroatoms. The summed E-state index contributed by atoms with van der Waals surface area (Å²) in [6.45, 7) is 0. The van der Waals surface area contributed by atoms with Crippen molar-refractivity contribution in [3.05, 3.63) is 0 Å². The zero-order valence-corrected chi connectivity index (χ0v) is 7.06. The number of likely N-dealkylation sites (tertiary alicyclic amines) is 1. The predicted molar refractivity (Wildman–Crippen MR) is 42.2 cm³/mol. The number of hydrogen-bond acceptors (Lipinski definition) is 3. The van der Waals surface area contributed by atoms with Crippen LogP contribution in [0.1, 0.15) is 12.8 Å². The molecule has 64 valence electrons. The molecule has 0 aliphatic carbocycles. The Balaban J connectivity index is 0.000001000. The van der Waals surface area contributed by atoms with Crippen LogP contribution in [-0.4, -0.2) is 29.8 Å². The minimum absolute atomic E-state index is 0. The fourth-order valence-corrected chi connectivity index (χ4v) is 0.942. The van der Waals surface area contributed by atoms with Crippen LogP contribution in [-0.2, 0) is 9.59 Å². The molecular weight excluding hydrogens is 168 g/mol. The number of nitrogens with two attached hydrogens (primary N) is 1. The van der Waals surface area contributed by atoms with E-state index in [2.05, 4.69) is 0 Å². The SMILES string of the molecule is CN1C(=O)CC[C@H](N)C1=O.Cl. The first-order valence-electron chi connectivity index (χ1n) is 3.19. The van der Waals surface area contributed by atoms with E-state index in [1.54, 1.807) is 0 Å². The van der Waals surface area contributed by atoms with E-state index in [0.717, 1.165) is 4.90 Å². The first-order valence-corrected chi connectivity index (χ1v) is 3.19. The van der Waals surface area contributed by atoms with E-state index in [1.165, 1.54) is 7.05 Å². The normalized spacial score (nSPS) is 24.9. The number of carbonyl (C=O) groups is 2. The fraction of sp³-hybridized carbons (Fsp3) is 0.667. The summed E-state index contributed by atoms with van der Waals surface area (Å²) in [4.78, 5) is 22.8. The molecule has 2 amide bonds. The van der Waals surface area contributed by atoms with E-state index in [9.17, 15) is 9.59 Å². The number of halogens is 1. The molecule has 1 saturated heterocycles. The highest BCUT2D eigenvalue weighted by atomic mass is 35.5. The molecular formula is C6H11ClN2O2. The van der Waals surface area contributed by atoms with E-state index in [-0.39, 0.29) is 24.2 Å². The van der Waals surface area contributed by atoms with Crippen molar-refractivity contribution in [2.45, 2.75) is 18.9 Å². The Morgan fingerprint density at radius 3 is 2.55 bits per heavy atom. The van der Waals surface area contributed by atoms with E-state index in [4.69, 9.17) is 5.73 Å². The van der Waals surface area contributed by atoms with Gasteiger partial charge in [-0.25, -0.2) is 0 Å². The van der Waals surface area contributed by atoms with Gasteiger partial charge in [-0.15, -0.1) is 12.4 Å². The average molecular weight is 179 g/mol. The summed E-state index contributed by atoms with van der Waals surface area (Å²) in [6, 6.07) is -0.470. The van der Waals surface area contributed by atoms with Crippen LogP contribution in [0.5, 0.6) is 0 Å². The maximum absolute atomic E-state index is 10.9. The fourth-order valence-electron chi connectivity index (χ4n) is 0.942. The van der Waals surface area contributed by atoms with Gasteiger partial charge in [0.05, 0.1) is 6.04 Å². The lowest BCUT2D eigenvalue weighted by molar-refractivity contribution is -0.147. The van der Waals surface area contributed by atoms with E-state index in [0.29, 0.717) is 12.8 Å². The highest BCUT2D eigenvalue weighted by Crippen LogP contribution is 2.08. The third-order valence-electron chi connectivity index (χ3n) is 1.69. The van der Waals surface area contributed by atoms with Gasteiger partial charge in [-0.2, -0.15) is 0 Å². The largest absolute Gasteiger partial charge is 0.320 e. The monoisotopic (exact) mass is 178 g/mol. The molecule has 1 aliphatic rings. The average Bonchev–Trinajstić information content (AvgIpc) is 1.93. The van der Waals surface area contributed by atoms with Gasteiger partial charge in [-0.1, -0.05) is 0 Å². The number of piperidine rings is 1. The van der Waals surface area contributed by atoms with Crippen molar-refractivity contribution in [1.82, 2.24) is 4.90 Å². The zero-order valence-electron chi connectivity index (χ0n) is 6.24. The first kappa shape index (κ1) is 10.4. The van der Waals surface area contributed by atoms with Gasteiger partial charge in [-0.05, 0) is 6.42 Å². The second kappa shape index (κ2) is 3.69. The molecule has 1 atom stereocenters. The lowest BCUT2D eigenvalue weighted by Gasteiger charge is -2.24. The summed E-state index contributed by atoms with van der Waals surface area (Å²) < 4.78 is 0. The molecule has 1 rings (SSSR count). The van der Waals surface area contributed by atoms with E-state index in [1.807, 2.05) is 0 Å². The number of imide groups is 1. The van der Waals surface area contributed by atoms with Crippen LogP contribution in [0.2, 0.25) is 0 Å². The Labute approximate surface area is 71.1 Å². The predicted octanol–water partition coefficient (Wildman–Crippen LogP) is -0.486. The Bertz CT molecular complexity index is 183. The van der Waals surface area contributed by atoms with Crippen LogP contribution in [0.3, 0.4) is 0 Å². The molecule has 0 spiro atoms. The Kier molecular flexibility index (Phi) is 3.48. The maximum Gasteiger partial charge on any atom is 0.245 e. The molecule has 0 saturated carbocycles. The zero-order chi connectivity index (χ0) is 7.72. The van der Waals surface area contributed by atoms with Crippen molar-refractivity contribution in [2.24, 2.45) is 5.73 Å². The maximum atomic E-state index is 10.9. The number of amides is 2. The number of nitrogens with zero attached hydrogens (tertiary/aromatic N) is 1. The van der Waals surface area contributed by atoms with Gasteiger partial charge >= 0.3 is 0 Å². The van der Waals surface area contributed by atoms with Crippen molar-refractivity contribution >= 4 is 24.2 Å². The number of rotatable bonds is 0. The van der Waals surface area contributed by atoms with Gasteiger partial charge < -0.3 is 5.73 Å². The minimum Gasteiger partial charge on any atom is -0.320 e. The number of likely N-dealkylation sites (N-methyl/N-ethyl adjacent to an activating group) is 1. The van der Waals surface area contributed by atoms with E-state index < -0.39 is 6.04 Å². The second-order valence-corrected chi connectivity index (χ2v) is 2.44. The molecule has 0 radical (unpaired) electrons. The third kappa shape index (κ3) is 1.91. The molecule has 2 N–H and O–H groups in total. The van der Waals surface area contributed by atoms with Crippen molar-refractivity contribution in [1.29, 1.82) is 0 Å². The summed E-state index contributed by atoms with van der Waals surface area (Å²) in [7, 11) is 1.46. The molecule has 0 aromatic carbocycles. The molecule has 11 heavy (non-hydrogen) atoms. The summed E-state index contributed by atoms with van der Waals surface area (Å²) in [5.41, 5.74) is 5.39. The Hall–Kier alpha value is -0.610. The summed E-state index contributed by atoms with van der Waals surface area (Å²) in [5, 5.41) is 0. The smallest absolute Gasteiger partial charge is 0.245 e.